The zero-order valence-electron chi connectivity index (χ0n) is 41.2. The molecule has 12 N–H and O–H groups in total. The number of nitrogens with zero attached hydrogens (tertiary/aromatic N) is 3. The van der Waals surface area contributed by atoms with Crippen LogP contribution >= 0.6 is 20.5 Å². The minimum absolute atomic E-state index is 0.124. The molecular formula is C47H77N10O12PS. The Hall–Kier alpha value is -4.90. The van der Waals surface area contributed by atoms with Crippen LogP contribution in [0.3, 0.4) is 0 Å². The molecule has 398 valence electrons. The van der Waals surface area contributed by atoms with Crippen LogP contribution in [-0.4, -0.2) is 138 Å². The highest BCUT2D eigenvalue weighted by Crippen LogP contribution is 2.38. The Morgan fingerprint density at radius 3 is 2.13 bits per heavy atom. The van der Waals surface area contributed by atoms with Crippen LogP contribution in [0.15, 0.2) is 42.9 Å². The maximum atomic E-state index is 14.3. The largest absolute Gasteiger partial charge is 0.469 e. The molecule has 3 rings (SSSR count). The number of hydrogen-bond acceptors (Lipinski definition) is 13. The normalized spacial score (nSPS) is 16.3. The average molecular weight is 1040 g/mol. The van der Waals surface area contributed by atoms with Gasteiger partial charge in [-0.3, -0.25) is 38.1 Å². The van der Waals surface area contributed by atoms with E-state index in [1.54, 1.807) is 12.5 Å². The van der Waals surface area contributed by atoms with E-state index in [1.165, 1.54) is 10.5 Å². The number of phosphoric acid groups is 1. The predicted molar refractivity (Wildman–Crippen MR) is 268 cm³/mol. The summed E-state index contributed by atoms with van der Waals surface area (Å²) < 4.78 is 17.8. The zero-order chi connectivity index (χ0) is 52.5. The van der Waals surface area contributed by atoms with Gasteiger partial charge < -0.3 is 62.4 Å². The van der Waals surface area contributed by atoms with Gasteiger partial charge in [0, 0.05) is 50.1 Å². The van der Waals surface area contributed by atoms with Crippen molar-refractivity contribution in [3.05, 3.63) is 54.1 Å². The summed E-state index contributed by atoms with van der Waals surface area (Å²) in [5, 5.41) is 23.1. The third-order valence-corrected chi connectivity index (χ3v) is 13.1. The molecule has 0 saturated carbocycles. The van der Waals surface area contributed by atoms with Crippen molar-refractivity contribution in [2.24, 2.45) is 17.4 Å². The zero-order valence-corrected chi connectivity index (χ0v) is 43.0. The van der Waals surface area contributed by atoms with Crippen molar-refractivity contribution in [3.8, 4) is 0 Å². The number of rotatable bonds is 34. The second-order valence-corrected chi connectivity index (χ2v) is 20.0. The Balaban J connectivity index is 1.74. The molecule has 1 aliphatic heterocycles. The van der Waals surface area contributed by atoms with Gasteiger partial charge in [-0.2, -0.15) is 12.6 Å². The fourth-order valence-corrected chi connectivity index (χ4v) is 8.97. The lowest BCUT2D eigenvalue weighted by molar-refractivity contribution is -0.140. The van der Waals surface area contributed by atoms with Crippen molar-refractivity contribution in [2.45, 2.75) is 166 Å². The third-order valence-electron chi connectivity index (χ3n) is 12.1. The number of amides is 7. The van der Waals surface area contributed by atoms with Crippen LogP contribution in [0.25, 0.3) is 0 Å². The first-order valence-electron chi connectivity index (χ1n) is 24.6. The molecule has 71 heavy (non-hydrogen) atoms. The Morgan fingerprint density at radius 1 is 0.845 bits per heavy atom. The van der Waals surface area contributed by atoms with Gasteiger partial charge in [-0.25, -0.2) is 9.55 Å². The fourth-order valence-electron chi connectivity index (χ4n) is 8.25. The number of aliphatic hydroxyl groups is 1. The van der Waals surface area contributed by atoms with Gasteiger partial charge in [-0.1, -0.05) is 76.3 Å². The monoisotopic (exact) mass is 1040 g/mol. The van der Waals surface area contributed by atoms with Crippen molar-refractivity contribution >= 4 is 61.8 Å². The highest BCUT2D eigenvalue weighted by Gasteiger charge is 2.38. The van der Waals surface area contributed by atoms with Gasteiger partial charge in [-0.15, -0.1) is 0 Å². The van der Waals surface area contributed by atoms with Gasteiger partial charge in [0.2, 0.25) is 41.4 Å². The molecule has 0 unspecified atom stereocenters. The predicted octanol–water partition coefficient (Wildman–Crippen LogP) is 0.894. The Morgan fingerprint density at radius 2 is 1.48 bits per heavy atom. The van der Waals surface area contributed by atoms with Crippen LogP contribution in [0.4, 0.5) is 0 Å². The molecule has 24 heteroatoms. The topological polar surface area (TPSA) is 340 Å². The number of thiol groups is 1. The molecule has 0 spiro atoms. The molecule has 2 aromatic rings. The minimum atomic E-state index is -5.13. The number of aromatic nitrogens is 2. The van der Waals surface area contributed by atoms with Crippen LogP contribution in [0, 0.1) is 5.92 Å². The van der Waals surface area contributed by atoms with Crippen molar-refractivity contribution in [1.29, 1.82) is 0 Å². The van der Waals surface area contributed by atoms with Gasteiger partial charge in [0.05, 0.1) is 25.1 Å². The average Bonchev–Trinajstić information content (AvgIpc) is 4.00. The summed E-state index contributed by atoms with van der Waals surface area (Å²) in [4.78, 5) is 118. The first-order valence-corrected chi connectivity index (χ1v) is 26.7. The van der Waals surface area contributed by atoms with Crippen LogP contribution in [0.2, 0.25) is 0 Å². The summed E-state index contributed by atoms with van der Waals surface area (Å²) in [6.07, 6.45) is 11.6. The van der Waals surface area contributed by atoms with E-state index in [2.05, 4.69) is 60.9 Å². The number of nitrogens with two attached hydrogens (primary N) is 2. The summed E-state index contributed by atoms with van der Waals surface area (Å²) in [6.45, 7) is 5.08. The number of unbranched alkanes of at least 4 members (excludes halogenated alkanes) is 7. The van der Waals surface area contributed by atoms with Crippen LogP contribution in [-0.2, 0) is 62.0 Å². The van der Waals surface area contributed by atoms with Gasteiger partial charge in [0.25, 0.3) is 0 Å². The molecule has 1 aromatic carbocycles. The van der Waals surface area contributed by atoms with Crippen molar-refractivity contribution in [1.82, 2.24) is 41.0 Å². The smallest absolute Gasteiger partial charge is 0.394 e. The van der Waals surface area contributed by atoms with Gasteiger partial charge in [0.1, 0.15) is 30.2 Å². The number of primary amides is 1. The van der Waals surface area contributed by atoms with E-state index in [9.17, 15) is 53.0 Å². The maximum absolute atomic E-state index is 14.3. The summed E-state index contributed by atoms with van der Waals surface area (Å²) in [6, 6.07) is 2.68. The molecule has 0 bridgehead atoms. The number of phosphoric ester groups is 1. The number of aryl methyl sites for hydroxylation is 2. The van der Waals surface area contributed by atoms with E-state index in [1.807, 2.05) is 36.6 Å². The lowest BCUT2D eigenvalue weighted by Gasteiger charge is -2.29. The molecule has 0 radical (unpaired) electrons. The number of hydrogen-bond donors (Lipinski definition) is 11. The van der Waals surface area contributed by atoms with E-state index < -0.39 is 86.3 Å². The molecule has 22 nitrogen and oxygen atoms in total. The lowest BCUT2D eigenvalue weighted by Crippen LogP contribution is -2.61. The molecule has 7 amide bonds. The number of aliphatic hydroxyl groups excluding tert-OH is 1. The van der Waals surface area contributed by atoms with Crippen LogP contribution in [0.5, 0.6) is 0 Å². The summed E-state index contributed by atoms with van der Waals surface area (Å²) >= 11 is 4.03. The molecule has 7 atom stereocenters. The standard InChI is InChI=1S/C47H77N10O12PS/c1-31(2)25-36(53-47(65)39-20-16-24-57(39)40(59)21-13-9-14-22-51-43(61)35(48)29-71)44(62)52-37(45(63)54-38(28-58)46(64)55-41(42(49)60)32(3)69-70(66,67)68)26-34-27-50-30-56(34)23-15-7-5-4-6-10-17-33-18-11-8-12-19-33/h8,11-12,18-19,27,30-32,35-39,41,58,71H,4-7,9-10,13-17,20-26,28-29,48H2,1-3H3,(H2,49,60)(H,51,61)(H,52,62)(H,53,65)(H,54,63)(H,55,64)(H2,66,67,68)/t32-,35+,36+,37+,38+,39+,41+/m1/s1. The number of nitrogens with one attached hydrogen (secondary N) is 5. The van der Waals surface area contributed by atoms with Crippen molar-refractivity contribution in [3.63, 3.8) is 0 Å². The minimum Gasteiger partial charge on any atom is -0.394 e. The van der Waals surface area contributed by atoms with E-state index in [4.69, 9.17) is 11.5 Å². The first kappa shape index (κ1) is 60.4. The van der Waals surface area contributed by atoms with Gasteiger partial charge >= 0.3 is 7.82 Å². The summed E-state index contributed by atoms with van der Waals surface area (Å²) in [5.74, 6) is -4.99. The second kappa shape index (κ2) is 31.5. The summed E-state index contributed by atoms with van der Waals surface area (Å²) in [7, 11) is -5.13. The Bertz CT molecular complexity index is 2060. The van der Waals surface area contributed by atoms with Crippen molar-refractivity contribution in [2.75, 3.05) is 25.4 Å². The quantitative estimate of drug-likeness (QED) is 0.0264. The highest BCUT2D eigenvalue weighted by molar-refractivity contribution is 7.80. The number of carbonyl (C=O) groups excluding carboxylic acids is 7. The van der Waals surface area contributed by atoms with E-state index in [0.29, 0.717) is 57.4 Å². The molecule has 1 aliphatic rings. The maximum Gasteiger partial charge on any atom is 0.469 e. The molecule has 0 aliphatic carbocycles. The summed E-state index contributed by atoms with van der Waals surface area (Å²) in [5.41, 5.74) is 12.9. The number of benzene rings is 1. The van der Waals surface area contributed by atoms with Crippen LogP contribution < -0.4 is 38.1 Å². The van der Waals surface area contributed by atoms with E-state index in [-0.39, 0.29) is 42.7 Å². The lowest BCUT2D eigenvalue weighted by atomic mass is 10.0. The van der Waals surface area contributed by atoms with E-state index in [0.717, 1.165) is 51.9 Å². The molecule has 1 fully saturated rings. The SMILES string of the molecule is CC(C)C[C@H](NC(=O)[C@@H]1CCCN1C(=O)CCCCCNC(=O)[C@@H](N)CS)C(=O)N[C@@H](Cc1cncn1CCCCCCCCc1ccccc1)C(=O)N[C@@H](CO)C(=O)N[C@H](C(N)=O)[C@@H](C)OP(=O)(O)O. The Kier molecular flexibility index (Phi) is 26.8. The van der Waals surface area contributed by atoms with Gasteiger partial charge in [-0.05, 0) is 69.8 Å². The van der Waals surface area contributed by atoms with E-state index >= 15 is 0 Å². The van der Waals surface area contributed by atoms with Crippen molar-refractivity contribution < 1.29 is 57.5 Å². The molecule has 1 saturated heterocycles. The van der Waals surface area contributed by atoms with Crippen LogP contribution in [0.1, 0.15) is 115 Å². The number of likely N-dealkylation sites (tertiary alicyclic amines) is 1. The molecular weight excluding hydrogens is 960 g/mol. The van der Waals surface area contributed by atoms with Gasteiger partial charge in [0.15, 0.2) is 0 Å². The number of carbonyl (C=O) groups is 7. The Labute approximate surface area is 422 Å². The first-order chi connectivity index (χ1) is 33.7. The highest BCUT2D eigenvalue weighted by atomic mass is 32.1. The third kappa shape index (κ3) is 22.2. The molecule has 2 heterocycles. The fraction of sp³-hybridized carbons (Fsp3) is 0.660. The second-order valence-electron chi connectivity index (χ2n) is 18.5. The number of imidazole rings is 1. The molecule has 1 aromatic heterocycles.